The number of nitrogens with zero attached hydrogens (tertiary/aromatic N) is 1. The zero-order valence-corrected chi connectivity index (χ0v) is 7.14. The zero-order chi connectivity index (χ0) is 8.16. The Kier molecular flexibility index (Phi) is 2.70. The van der Waals surface area contributed by atoms with Crippen LogP contribution >= 0.6 is 0 Å². The fraction of sp³-hybridized carbons (Fsp3) is 0.700. The van der Waals surface area contributed by atoms with E-state index in [1.165, 1.54) is 32.1 Å². The summed E-state index contributed by atoms with van der Waals surface area (Å²) in [6.07, 6.45) is 10.2. The van der Waals surface area contributed by atoms with E-state index in [4.69, 9.17) is 5.26 Å². The lowest BCUT2D eigenvalue weighted by Gasteiger charge is -2.29. The van der Waals surface area contributed by atoms with Crippen LogP contribution in [0.3, 0.4) is 0 Å². The second-order valence-electron chi connectivity index (χ2n) is 3.68. The molecular weight excluding hydrogens is 134 g/mol. The van der Waals surface area contributed by atoms with Gasteiger partial charge in [-0.15, -0.1) is 0 Å². The van der Waals surface area contributed by atoms with Crippen molar-refractivity contribution in [3.05, 3.63) is 12.2 Å². The van der Waals surface area contributed by atoms with Gasteiger partial charge in [-0.1, -0.05) is 32.3 Å². The molecule has 0 aromatic rings. The third-order valence-electron chi connectivity index (χ3n) is 2.56. The average Bonchev–Trinajstić information content (AvgIpc) is 2.03. The van der Waals surface area contributed by atoms with Crippen molar-refractivity contribution in [1.82, 2.24) is 0 Å². The van der Waals surface area contributed by atoms with Gasteiger partial charge < -0.3 is 0 Å². The molecule has 60 valence electrons. The fourth-order valence-electron chi connectivity index (χ4n) is 1.76. The number of nitriles is 1. The lowest BCUT2D eigenvalue weighted by Crippen LogP contribution is -2.16. The molecule has 1 fully saturated rings. The van der Waals surface area contributed by atoms with Crippen LogP contribution in [0.1, 0.15) is 39.0 Å². The lowest BCUT2D eigenvalue weighted by molar-refractivity contribution is 0.286. The van der Waals surface area contributed by atoms with Crippen LogP contribution in [0.2, 0.25) is 0 Å². The predicted octanol–water partition coefficient (Wildman–Crippen LogP) is 3.04. The van der Waals surface area contributed by atoms with E-state index in [9.17, 15) is 0 Å². The largest absolute Gasteiger partial charge is 0.193 e. The molecule has 0 bridgehead atoms. The highest BCUT2D eigenvalue weighted by Crippen LogP contribution is 2.36. The smallest absolute Gasteiger partial charge is 0.0908 e. The quantitative estimate of drug-likeness (QED) is 0.526. The third kappa shape index (κ3) is 2.38. The molecule has 0 atom stereocenters. The van der Waals surface area contributed by atoms with E-state index in [0.717, 1.165) is 0 Å². The van der Waals surface area contributed by atoms with Crippen molar-refractivity contribution < 1.29 is 0 Å². The molecule has 0 N–H and O–H groups in total. The summed E-state index contributed by atoms with van der Waals surface area (Å²) in [4.78, 5) is 0. The Labute approximate surface area is 68.7 Å². The van der Waals surface area contributed by atoms with Crippen molar-refractivity contribution in [2.24, 2.45) is 5.41 Å². The summed E-state index contributed by atoms with van der Waals surface area (Å²) in [6, 6.07) is 2.06. The monoisotopic (exact) mass is 149 g/mol. The van der Waals surface area contributed by atoms with Crippen LogP contribution in [0.4, 0.5) is 0 Å². The third-order valence-corrected chi connectivity index (χ3v) is 2.56. The molecule has 0 saturated heterocycles. The van der Waals surface area contributed by atoms with Crippen LogP contribution in [0.15, 0.2) is 12.2 Å². The Morgan fingerprint density at radius 2 is 1.91 bits per heavy atom. The Morgan fingerprint density at radius 1 is 1.27 bits per heavy atom. The van der Waals surface area contributed by atoms with Gasteiger partial charge in [-0.25, -0.2) is 0 Å². The lowest BCUT2D eigenvalue weighted by atomic mass is 9.76. The van der Waals surface area contributed by atoms with Crippen LogP contribution in [0.5, 0.6) is 0 Å². The Hall–Kier alpha value is -0.770. The maximum Gasteiger partial charge on any atom is 0.0908 e. The first-order valence-electron chi connectivity index (χ1n) is 4.34. The molecule has 0 heterocycles. The fourth-order valence-corrected chi connectivity index (χ4v) is 1.76. The molecule has 0 aliphatic heterocycles. The van der Waals surface area contributed by atoms with E-state index in [-0.39, 0.29) is 0 Å². The number of hydrogen-bond donors (Lipinski definition) is 0. The number of rotatable bonds is 1. The van der Waals surface area contributed by atoms with Gasteiger partial charge >= 0.3 is 0 Å². The normalized spacial score (nSPS) is 23.3. The number of hydrogen-bond acceptors (Lipinski definition) is 1. The van der Waals surface area contributed by atoms with Crippen LogP contribution in [0.25, 0.3) is 0 Å². The molecule has 1 aliphatic rings. The molecule has 0 radical (unpaired) electrons. The Morgan fingerprint density at radius 3 is 2.45 bits per heavy atom. The topological polar surface area (TPSA) is 23.8 Å². The first kappa shape index (κ1) is 8.33. The van der Waals surface area contributed by atoms with E-state index in [1.54, 1.807) is 6.08 Å². The molecule has 0 aromatic carbocycles. The predicted molar refractivity (Wildman–Crippen MR) is 45.9 cm³/mol. The molecule has 0 amide bonds. The molecule has 0 spiro atoms. The minimum atomic E-state index is 0.327. The zero-order valence-electron chi connectivity index (χ0n) is 7.14. The molecule has 1 heteroatoms. The second-order valence-corrected chi connectivity index (χ2v) is 3.68. The van der Waals surface area contributed by atoms with E-state index in [0.29, 0.717) is 5.41 Å². The highest BCUT2D eigenvalue weighted by Gasteiger charge is 2.23. The summed E-state index contributed by atoms with van der Waals surface area (Å²) in [7, 11) is 0. The molecular formula is C10H15N. The summed E-state index contributed by atoms with van der Waals surface area (Å²) < 4.78 is 0. The van der Waals surface area contributed by atoms with Gasteiger partial charge in [0.1, 0.15) is 0 Å². The summed E-state index contributed by atoms with van der Waals surface area (Å²) in [5.41, 5.74) is 0.327. The second kappa shape index (κ2) is 3.57. The van der Waals surface area contributed by atoms with Crippen LogP contribution in [-0.4, -0.2) is 0 Å². The van der Waals surface area contributed by atoms with Crippen molar-refractivity contribution in [3.8, 4) is 6.07 Å². The SMILES string of the molecule is CC1(/C=C\C#N)CCCCC1. The van der Waals surface area contributed by atoms with E-state index in [1.807, 2.05) is 0 Å². The van der Waals surface area contributed by atoms with Gasteiger partial charge in [-0.2, -0.15) is 5.26 Å². The van der Waals surface area contributed by atoms with Gasteiger partial charge in [-0.3, -0.25) is 0 Å². The van der Waals surface area contributed by atoms with E-state index in [2.05, 4.69) is 19.1 Å². The molecule has 0 unspecified atom stereocenters. The summed E-state index contributed by atoms with van der Waals surface area (Å²) >= 11 is 0. The first-order chi connectivity index (χ1) is 5.27. The molecule has 0 aromatic heterocycles. The van der Waals surface area contributed by atoms with Crippen molar-refractivity contribution in [1.29, 1.82) is 5.26 Å². The average molecular weight is 149 g/mol. The molecule has 1 rings (SSSR count). The van der Waals surface area contributed by atoms with Gasteiger partial charge in [0.15, 0.2) is 0 Å². The van der Waals surface area contributed by atoms with Gasteiger partial charge in [0.2, 0.25) is 0 Å². The van der Waals surface area contributed by atoms with Crippen molar-refractivity contribution in [2.75, 3.05) is 0 Å². The summed E-state index contributed by atoms with van der Waals surface area (Å²) in [5, 5.41) is 8.37. The highest BCUT2D eigenvalue weighted by atomic mass is 14.3. The van der Waals surface area contributed by atoms with Gasteiger partial charge in [0.25, 0.3) is 0 Å². The minimum Gasteiger partial charge on any atom is -0.193 e. The van der Waals surface area contributed by atoms with Crippen LogP contribution in [0, 0.1) is 16.7 Å². The molecule has 1 saturated carbocycles. The van der Waals surface area contributed by atoms with Crippen LogP contribution < -0.4 is 0 Å². The first-order valence-corrected chi connectivity index (χ1v) is 4.34. The van der Waals surface area contributed by atoms with E-state index < -0.39 is 0 Å². The van der Waals surface area contributed by atoms with Crippen molar-refractivity contribution in [2.45, 2.75) is 39.0 Å². The summed E-state index contributed by atoms with van der Waals surface area (Å²) in [5.74, 6) is 0. The minimum absolute atomic E-state index is 0.327. The summed E-state index contributed by atoms with van der Waals surface area (Å²) in [6.45, 7) is 2.25. The van der Waals surface area contributed by atoms with Gasteiger partial charge in [0, 0.05) is 6.08 Å². The Balaban J connectivity index is 2.51. The maximum atomic E-state index is 8.37. The number of allylic oxidation sites excluding steroid dienone is 2. The standard InChI is InChI=1S/C10H15N/c1-10(8-5-9-11)6-3-2-4-7-10/h5,8H,2-4,6-7H2,1H3/b8-5-. The van der Waals surface area contributed by atoms with Gasteiger partial charge in [-0.05, 0) is 18.3 Å². The van der Waals surface area contributed by atoms with Gasteiger partial charge in [0.05, 0.1) is 6.07 Å². The molecule has 1 nitrogen and oxygen atoms in total. The molecule has 11 heavy (non-hydrogen) atoms. The Bertz CT molecular complexity index is 180. The molecule has 1 aliphatic carbocycles. The van der Waals surface area contributed by atoms with Crippen LogP contribution in [-0.2, 0) is 0 Å². The van der Waals surface area contributed by atoms with Crippen molar-refractivity contribution in [3.63, 3.8) is 0 Å². The van der Waals surface area contributed by atoms with Crippen molar-refractivity contribution >= 4 is 0 Å². The maximum absolute atomic E-state index is 8.37. The van der Waals surface area contributed by atoms with E-state index >= 15 is 0 Å². The highest BCUT2D eigenvalue weighted by molar-refractivity contribution is 5.08.